The van der Waals surface area contributed by atoms with Crippen LogP contribution in [0.15, 0.2) is 0 Å². The maximum Gasteiger partial charge on any atom is 0.138 e. The van der Waals surface area contributed by atoms with Crippen LogP contribution in [-0.2, 0) is 5.41 Å². The van der Waals surface area contributed by atoms with Gasteiger partial charge in [0.15, 0.2) is 0 Å². The lowest BCUT2D eigenvalue weighted by Crippen LogP contribution is -2.21. The summed E-state index contributed by atoms with van der Waals surface area (Å²) in [5, 5.41) is 6.81. The van der Waals surface area contributed by atoms with E-state index in [-0.39, 0.29) is 5.41 Å². The van der Waals surface area contributed by atoms with Crippen LogP contribution in [0.4, 0.5) is 11.6 Å². The van der Waals surface area contributed by atoms with Gasteiger partial charge in [0.05, 0.1) is 0 Å². The van der Waals surface area contributed by atoms with Gasteiger partial charge >= 0.3 is 0 Å². The molecule has 1 heterocycles. The molecule has 1 aromatic heterocycles. The zero-order valence-electron chi connectivity index (χ0n) is 13.4. The van der Waals surface area contributed by atoms with Crippen molar-refractivity contribution in [1.29, 1.82) is 0 Å². The van der Waals surface area contributed by atoms with Crippen molar-refractivity contribution in [3.63, 3.8) is 0 Å². The first-order valence-corrected chi connectivity index (χ1v) is 7.15. The summed E-state index contributed by atoms with van der Waals surface area (Å²) in [5.74, 6) is 2.76. The highest BCUT2D eigenvalue weighted by atomic mass is 15.1. The van der Waals surface area contributed by atoms with Crippen LogP contribution >= 0.6 is 0 Å². The fourth-order valence-corrected chi connectivity index (χ4v) is 1.68. The number of rotatable bonds is 5. The largest absolute Gasteiger partial charge is 0.370 e. The van der Waals surface area contributed by atoms with Crippen LogP contribution in [0, 0.1) is 6.92 Å². The second-order valence-electron chi connectivity index (χ2n) is 6.35. The second kappa shape index (κ2) is 6.22. The van der Waals surface area contributed by atoms with Crippen LogP contribution in [-0.4, -0.2) is 22.6 Å². The van der Waals surface area contributed by atoms with Crippen LogP contribution in [0.5, 0.6) is 0 Å². The van der Waals surface area contributed by atoms with Gasteiger partial charge in [0, 0.05) is 23.6 Å². The molecule has 0 radical (unpaired) electrons. The lowest BCUT2D eigenvalue weighted by molar-refractivity contribution is 0.545. The van der Waals surface area contributed by atoms with E-state index in [9.17, 15) is 0 Å². The highest BCUT2D eigenvalue weighted by molar-refractivity contribution is 5.57. The van der Waals surface area contributed by atoms with Crippen molar-refractivity contribution in [2.24, 2.45) is 0 Å². The van der Waals surface area contributed by atoms with Crippen molar-refractivity contribution >= 4 is 11.6 Å². The quantitative estimate of drug-likeness (QED) is 0.851. The molecule has 1 aromatic rings. The molecular formula is C15H28N4. The molecule has 108 valence electrons. The molecule has 0 amide bonds. The molecule has 0 unspecified atom stereocenters. The number of nitrogens with zero attached hydrogens (tertiary/aromatic N) is 2. The summed E-state index contributed by atoms with van der Waals surface area (Å²) in [6.07, 6.45) is 1.08. The topological polar surface area (TPSA) is 49.8 Å². The molecule has 0 aliphatic rings. The van der Waals surface area contributed by atoms with Gasteiger partial charge in [0.2, 0.25) is 0 Å². The van der Waals surface area contributed by atoms with Gasteiger partial charge in [-0.05, 0) is 27.2 Å². The first kappa shape index (κ1) is 15.7. The molecule has 0 aromatic carbocycles. The van der Waals surface area contributed by atoms with Crippen molar-refractivity contribution in [2.45, 2.75) is 66.3 Å². The minimum atomic E-state index is -0.0518. The number of nitrogens with one attached hydrogen (secondary N) is 2. The number of aromatic nitrogens is 2. The molecule has 0 fully saturated rings. The summed E-state index contributed by atoms with van der Waals surface area (Å²) in [6, 6.07) is 0.362. The average Bonchev–Trinajstić information content (AvgIpc) is 2.28. The monoisotopic (exact) mass is 264 g/mol. The molecule has 0 aliphatic carbocycles. The Morgan fingerprint density at radius 3 is 2.16 bits per heavy atom. The highest BCUT2D eigenvalue weighted by Crippen LogP contribution is 2.26. The Morgan fingerprint density at radius 1 is 1.11 bits per heavy atom. The zero-order valence-corrected chi connectivity index (χ0v) is 13.4. The Bertz CT molecular complexity index is 419. The maximum atomic E-state index is 4.69. The van der Waals surface area contributed by atoms with Crippen LogP contribution in [0.3, 0.4) is 0 Å². The number of hydrogen-bond acceptors (Lipinski definition) is 4. The SMILES string of the molecule is CCCNc1nc(C(C)(C)C)nc(NC(C)C)c1C. The Morgan fingerprint density at radius 2 is 1.68 bits per heavy atom. The molecule has 0 atom stereocenters. The van der Waals surface area contributed by atoms with Crippen molar-refractivity contribution in [1.82, 2.24) is 9.97 Å². The van der Waals surface area contributed by atoms with Gasteiger partial charge in [-0.2, -0.15) is 0 Å². The fraction of sp³-hybridized carbons (Fsp3) is 0.733. The van der Waals surface area contributed by atoms with E-state index in [4.69, 9.17) is 4.98 Å². The van der Waals surface area contributed by atoms with E-state index in [0.717, 1.165) is 36.0 Å². The smallest absolute Gasteiger partial charge is 0.138 e. The molecular weight excluding hydrogens is 236 g/mol. The summed E-state index contributed by atoms with van der Waals surface area (Å²) in [6.45, 7) is 15.8. The molecule has 0 saturated carbocycles. The summed E-state index contributed by atoms with van der Waals surface area (Å²) >= 11 is 0. The van der Waals surface area contributed by atoms with Crippen molar-refractivity contribution in [2.75, 3.05) is 17.2 Å². The Labute approximate surface area is 117 Å². The van der Waals surface area contributed by atoms with Crippen molar-refractivity contribution < 1.29 is 0 Å². The van der Waals surface area contributed by atoms with Gasteiger partial charge in [0.25, 0.3) is 0 Å². The summed E-state index contributed by atoms with van der Waals surface area (Å²) in [5.41, 5.74) is 1.04. The molecule has 0 saturated heterocycles. The summed E-state index contributed by atoms with van der Waals surface area (Å²) in [7, 11) is 0. The zero-order chi connectivity index (χ0) is 14.6. The number of anilines is 2. The van der Waals surface area contributed by atoms with Gasteiger partial charge in [-0.3, -0.25) is 0 Å². The third-order valence-corrected chi connectivity index (χ3v) is 2.78. The molecule has 2 N–H and O–H groups in total. The van der Waals surface area contributed by atoms with Crippen molar-refractivity contribution in [3.05, 3.63) is 11.4 Å². The van der Waals surface area contributed by atoms with E-state index in [1.54, 1.807) is 0 Å². The maximum absolute atomic E-state index is 4.69. The standard InChI is InChI=1S/C15H28N4/c1-8-9-16-12-11(4)13(17-10(2)3)19-14(18-12)15(5,6)7/h10H,8-9H2,1-7H3,(H2,16,17,18,19). The van der Waals surface area contributed by atoms with Crippen LogP contribution < -0.4 is 10.6 Å². The minimum Gasteiger partial charge on any atom is -0.370 e. The normalized spacial score (nSPS) is 11.8. The Balaban J connectivity index is 3.21. The fourth-order valence-electron chi connectivity index (χ4n) is 1.68. The highest BCUT2D eigenvalue weighted by Gasteiger charge is 2.21. The predicted octanol–water partition coefficient (Wildman–Crippen LogP) is 3.72. The van der Waals surface area contributed by atoms with Crippen LogP contribution in [0.2, 0.25) is 0 Å². The third kappa shape index (κ3) is 4.37. The summed E-state index contributed by atoms with van der Waals surface area (Å²) < 4.78 is 0. The molecule has 0 bridgehead atoms. The number of hydrogen-bond donors (Lipinski definition) is 2. The van der Waals surface area contributed by atoms with E-state index in [0.29, 0.717) is 6.04 Å². The Kier molecular flexibility index (Phi) is 5.15. The lowest BCUT2D eigenvalue weighted by atomic mass is 9.95. The Hall–Kier alpha value is -1.32. The molecule has 0 aliphatic heterocycles. The molecule has 4 heteroatoms. The van der Waals surface area contributed by atoms with Gasteiger partial charge < -0.3 is 10.6 Å². The van der Waals surface area contributed by atoms with E-state index < -0.39 is 0 Å². The lowest BCUT2D eigenvalue weighted by Gasteiger charge is -2.22. The van der Waals surface area contributed by atoms with Gasteiger partial charge in [-0.1, -0.05) is 27.7 Å². The third-order valence-electron chi connectivity index (χ3n) is 2.78. The van der Waals surface area contributed by atoms with Gasteiger partial charge in [-0.25, -0.2) is 9.97 Å². The van der Waals surface area contributed by atoms with E-state index in [2.05, 4.69) is 64.1 Å². The first-order valence-electron chi connectivity index (χ1n) is 7.15. The van der Waals surface area contributed by atoms with E-state index in [1.807, 2.05) is 0 Å². The molecule has 19 heavy (non-hydrogen) atoms. The second-order valence-corrected chi connectivity index (χ2v) is 6.35. The molecule has 0 spiro atoms. The average molecular weight is 264 g/mol. The summed E-state index contributed by atoms with van der Waals surface area (Å²) in [4.78, 5) is 9.38. The van der Waals surface area contributed by atoms with Gasteiger partial charge in [0.1, 0.15) is 17.5 Å². The molecule has 4 nitrogen and oxygen atoms in total. The van der Waals surface area contributed by atoms with Crippen molar-refractivity contribution in [3.8, 4) is 0 Å². The van der Waals surface area contributed by atoms with E-state index in [1.165, 1.54) is 0 Å². The predicted molar refractivity (Wildman–Crippen MR) is 83.0 cm³/mol. The first-order chi connectivity index (χ1) is 8.75. The molecule has 1 rings (SSSR count). The van der Waals surface area contributed by atoms with Crippen LogP contribution in [0.1, 0.15) is 59.4 Å². The van der Waals surface area contributed by atoms with Crippen LogP contribution in [0.25, 0.3) is 0 Å². The minimum absolute atomic E-state index is 0.0518. The van der Waals surface area contributed by atoms with E-state index >= 15 is 0 Å². The van der Waals surface area contributed by atoms with Gasteiger partial charge in [-0.15, -0.1) is 0 Å².